The molecule has 116 valence electrons. The molecule has 1 amide bonds. The lowest BCUT2D eigenvalue weighted by molar-refractivity contribution is -0.141. The number of aromatic nitrogens is 1. The highest BCUT2D eigenvalue weighted by Gasteiger charge is 2.34. The predicted molar refractivity (Wildman–Crippen MR) is 71.6 cm³/mol. The first kappa shape index (κ1) is 15.6. The van der Waals surface area contributed by atoms with Crippen molar-refractivity contribution >= 4 is 11.7 Å². The molecule has 1 aromatic rings. The lowest BCUT2D eigenvalue weighted by atomic mass is 9.91. The highest BCUT2D eigenvalue weighted by atomic mass is 19.4. The average Bonchev–Trinajstić information content (AvgIpc) is 2.40. The summed E-state index contributed by atoms with van der Waals surface area (Å²) in [4.78, 5) is 14.8. The van der Waals surface area contributed by atoms with Crippen LogP contribution in [0, 0.1) is 0 Å². The molecular formula is C13H17F3N4O. The molecule has 5 N–H and O–H groups in total. The van der Waals surface area contributed by atoms with Crippen molar-refractivity contribution < 1.29 is 18.0 Å². The van der Waals surface area contributed by atoms with Crippen molar-refractivity contribution in [3.63, 3.8) is 0 Å². The molecule has 0 saturated heterocycles. The van der Waals surface area contributed by atoms with Crippen molar-refractivity contribution in [2.24, 2.45) is 11.5 Å². The van der Waals surface area contributed by atoms with E-state index in [1.165, 1.54) is 0 Å². The van der Waals surface area contributed by atoms with Crippen molar-refractivity contribution in [3.8, 4) is 0 Å². The third kappa shape index (κ3) is 3.63. The first-order valence-corrected chi connectivity index (χ1v) is 6.69. The molecule has 1 aliphatic carbocycles. The summed E-state index contributed by atoms with van der Waals surface area (Å²) >= 11 is 0. The van der Waals surface area contributed by atoms with E-state index in [0.717, 1.165) is 37.8 Å². The fourth-order valence-electron chi connectivity index (χ4n) is 2.44. The summed E-state index contributed by atoms with van der Waals surface area (Å²) in [6, 6.07) is 1.38. The van der Waals surface area contributed by atoms with E-state index in [4.69, 9.17) is 11.5 Å². The Morgan fingerprint density at radius 2 is 1.95 bits per heavy atom. The highest BCUT2D eigenvalue weighted by molar-refractivity contribution is 5.97. The lowest BCUT2D eigenvalue weighted by Crippen LogP contribution is -2.43. The number of nitrogens with zero attached hydrogens (tertiary/aromatic N) is 1. The van der Waals surface area contributed by atoms with Gasteiger partial charge in [-0.25, -0.2) is 4.98 Å². The van der Waals surface area contributed by atoms with Crippen LogP contribution in [0.3, 0.4) is 0 Å². The second kappa shape index (κ2) is 5.88. The number of alkyl halides is 3. The number of primary amides is 1. The van der Waals surface area contributed by atoms with Crippen molar-refractivity contribution in [2.75, 3.05) is 5.32 Å². The van der Waals surface area contributed by atoms with Crippen molar-refractivity contribution in [1.29, 1.82) is 0 Å². The first-order valence-electron chi connectivity index (χ1n) is 6.69. The molecule has 1 saturated carbocycles. The molecule has 0 bridgehead atoms. The normalized spacial score (nSPS) is 22.9. The van der Waals surface area contributed by atoms with E-state index in [0.29, 0.717) is 0 Å². The van der Waals surface area contributed by atoms with Gasteiger partial charge in [0.15, 0.2) is 0 Å². The van der Waals surface area contributed by atoms with Gasteiger partial charge in [0.2, 0.25) is 0 Å². The van der Waals surface area contributed by atoms with Gasteiger partial charge in [0.25, 0.3) is 5.91 Å². The summed E-state index contributed by atoms with van der Waals surface area (Å²) in [7, 11) is 0. The molecule has 0 spiro atoms. The molecule has 2 atom stereocenters. The molecule has 2 rings (SSSR count). The van der Waals surface area contributed by atoms with Crippen LogP contribution in [0.5, 0.6) is 0 Å². The van der Waals surface area contributed by atoms with Crippen molar-refractivity contribution in [1.82, 2.24) is 4.98 Å². The van der Waals surface area contributed by atoms with Gasteiger partial charge in [0.1, 0.15) is 11.5 Å². The molecule has 8 heteroatoms. The summed E-state index contributed by atoms with van der Waals surface area (Å²) in [6.45, 7) is 0. The Labute approximate surface area is 119 Å². The maximum Gasteiger partial charge on any atom is 0.433 e. The smallest absolute Gasteiger partial charge is 0.365 e. The fraction of sp³-hybridized carbons (Fsp3) is 0.538. The number of nitrogens with one attached hydrogen (secondary N) is 1. The standard InChI is InChI=1S/C13H17F3N4O/c14-13(15,16)10-6-5-7(11(18)21)12(20-10)19-9-4-2-1-3-8(9)17/h5-6,8-9H,1-4,17H2,(H2,18,21)(H,19,20). The zero-order chi connectivity index (χ0) is 15.6. The SMILES string of the molecule is NC(=O)c1ccc(C(F)(F)F)nc1NC1CCCCC1N. The van der Waals surface area contributed by atoms with E-state index < -0.39 is 17.8 Å². The molecule has 5 nitrogen and oxygen atoms in total. The maximum atomic E-state index is 12.7. The minimum atomic E-state index is -4.58. The van der Waals surface area contributed by atoms with E-state index in [9.17, 15) is 18.0 Å². The third-order valence-electron chi connectivity index (χ3n) is 3.59. The third-order valence-corrected chi connectivity index (χ3v) is 3.59. The molecule has 1 aromatic heterocycles. The van der Waals surface area contributed by atoms with Crippen LogP contribution in [0.25, 0.3) is 0 Å². The highest BCUT2D eigenvalue weighted by Crippen LogP contribution is 2.30. The van der Waals surface area contributed by atoms with E-state index >= 15 is 0 Å². The van der Waals surface area contributed by atoms with Gasteiger partial charge in [-0.05, 0) is 25.0 Å². The van der Waals surface area contributed by atoms with Crippen LogP contribution in [0.15, 0.2) is 12.1 Å². The van der Waals surface area contributed by atoms with Crippen molar-refractivity contribution in [2.45, 2.75) is 43.9 Å². The first-order chi connectivity index (χ1) is 9.79. The minimum Gasteiger partial charge on any atom is -0.365 e. The molecule has 1 fully saturated rings. The van der Waals surface area contributed by atoms with Gasteiger partial charge in [-0.1, -0.05) is 12.8 Å². The Balaban J connectivity index is 2.32. The molecule has 1 heterocycles. The van der Waals surface area contributed by atoms with Crippen molar-refractivity contribution in [3.05, 3.63) is 23.4 Å². The van der Waals surface area contributed by atoms with Gasteiger partial charge in [-0.15, -0.1) is 0 Å². The lowest BCUT2D eigenvalue weighted by Gasteiger charge is -2.30. The Morgan fingerprint density at radius 1 is 1.29 bits per heavy atom. The monoisotopic (exact) mass is 302 g/mol. The Morgan fingerprint density at radius 3 is 2.52 bits per heavy atom. The van der Waals surface area contributed by atoms with Gasteiger partial charge in [-0.3, -0.25) is 4.79 Å². The maximum absolute atomic E-state index is 12.7. The summed E-state index contributed by atoms with van der Waals surface area (Å²) in [5, 5.41) is 2.86. The van der Waals surface area contributed by atoms with Crippen LogP contribution >= 0.6 is 0 Å². The summed E-state index contributed by atoms with van der Waals surface area (Å²) in [5.74, 6) is -0.984. The van der Waals surface area contributed by atoms with Gasteiger partial charge in [0.05, 0.1) is 5.56 Å². The van der Waals surface area contributed by atoms with E-state index in [2.05, 4.69) is 10.3 Å². The molecular weight excluding hydrogens is 285 g/mol. The zero-order valence-corrected chi connectivity index (χ0v) is 11.3. The number of hydrogen-bond acceptors (Lipinski definition) is 4. The summed E-state index contributed by atoms with van der Waals surface area (Å²) in [6.07, 6.45) is -1.17. The number of nitrogens with two attached hydrogens (primary N) is 2. The second-order valence-corrected chi connectivity index (χ2v) is 5.15. The van der Waals surface area contributed by atoms with E-state index in [1.54, 1.807) is 0 Å². The zero-order valence-electron chi connectivity index (χ0n) is 11.3. The number of carbonyl (C=O) groups is 1. The van der Waals surface area contributed by atoms with Gasteiger partial charge >= 0.3 is 6.18 Å². The number of carbonyl (C=O) groups excluding carboxylic acids is 1. The van der Waals surface area contributed by atoms with E-state index in [1.807, 2.05) is 0 Å². The average molecular weight is 302 g/mol. The predicted octanol–water partition coefficient (Wildman–Crippen LogP) is 1.88. The van der Waals surface area contributed by atoms with E-state index in [-0.39, 0.29) is 23.5 Å². The second-order valence-electron chi connectivity index (χ2n) is 5.15. The summed E-state index contributed by atoms with van der Waals surface area (Å²) < 4.78 is 38.2. The summed E-state index contributed by atoms with van der Waals surface area (Å²) in [5.41, 5.74) is 9.99. The number of rotatable bonds is 3. The molecule has 21 heavy (non-hydrogen) atoms. The Hall–Kier alpha value is -1.83. The number of anilines is 1. The van der Waals surface area contributed by atoms with Crippen LogP contribution in [-0.2, 0) is 6.18 Å². The van der Waals surface area contributed by atoms with Crippen LogP contribution in [0.2, 0.25) is 0 Å². The fourth-order valence-corrected chi connectivity index (χ4v) is 2.44. The van der Waals surface area contributed by atoms with Crippen LogP contribution in [-0.4, -0.2) is 23.0 Å². The molecule has 2 unspecified atom stereocenters. The molecule has 0 radical (unpaired) electrons. The largest absolute Gasteiger partial charge is 0.433 e. The van der Waals surface area contributed by atoms with Crippen LogP contribution < -0.4 is 16.8 Å². The number of halogens is 3. The van der Waals surface area contributed by atoms with Gasteiger partial charge in [-0.2, -0.15) is 13.2 Å². The van der Waals surface area contributed by atoms with Gasteiger partial charge in [0, 0.05) is 12.1 Å². The quantitative estimate of drug-likeness (QED) is 0.794. The number of pyridine rings is 1. The molecule has 0 aliphatic heterocycles. The van der Waals surface area contributed by atoms with Gasteiger partial charge < -0.3 is 16.8 Å². The Kier molecular flexibility index (Phi) is 4.36. The van der Waals surface area contributed by atoms with Crippen LogP contribution in [0.1, 0.15) is 41.7 Å². The molecule has 0 aromatic carbocycles. The number of hydrogen-bond donors (Lipinski definition) is 3. The number of amides is 1. The minimum absolute atomic E-state index is 0.0687. The van der Waals surface area contributed by atoms with Crippen LogP contribution in [0.4, 0.5) is 19.0 Å². The Bertz CT molecular complexity index is 533. The molecule has 1 aliphatic rings. The topological polar surface area (TPSA) is 94.0 Å².